The lowest BCUT2D eigenvalue weighted by atomic mass is 10.1. The molecule has 3 nitrogen and oxygen atoms in total. The molecule has 94 valence electrons. The second-order valence-corrected chi connectivity index (χ2v) is 5.08. The number of carbonyl (C=O) groups is 1. The molecule has 2 rings (SSSR count). The van der Waals surface area contributed by atoms with Crippen molar-refractivity contribution >= 4 is 17.3 Å². The largest absolute Gasteiger partial charge is 0.481 e. The Hall–Kier alpha value is -1.68. The second kappa shape index (κ2) is 6.31. The molecule has 1 heterocycles. The van der Waals surface area contributed by atoms with Gasteiger partial charge in [-0.05, 0) is 18.4 Å². The van der Waals surface area contributed by atoms with Gasteiger partial charge in [0.05, 0.1) is 10.7 Å². The van der Waals surface area contributed by atoms with Crippen LogP contribution >= 0.6 is 11.3 Å². The van der Waals surface area contributed by atoms with Crippen molar-refractivity contribution in [3.05, 3.63) is 52.0 Å². The number of hydrogen-bond donors (Lipinski definition) is 1. The van der Waals surface area contributed by atoms with E-state index in [-0.39, 0.29) is 6.42 Å². The van der Waals surface area contributed by atoms with E-state index in [1.807, 2.05) is 23.6 Å². The first kappa shape index (κ1) is 12.8. The number of benzene rings is 1. The Bertz CT molecular complexity index is 508. The predicted octanol–water partition coefficient (Wildman–Crippen LogP) is 3.14. The number of thiazole rings is 1. The third-order valence-electron chi connectivity index (χ3n) is 2.62. The Labute approximate surface area is 110 Å². The van der Waals surface area contributed by atoms with Crippen LogP contribution < -0.4 is 0 Å². The van der Waals surface area contributed by atoms with Crippen LogP contribution in [-0.2, 0) is 17.6 Å². The van der Waals surface area contributed by atoms with Crippen LogP contribution in [0.1, 0.15) is 29.1 Å². The molecule has 18 heavy (non-hydrogen) atoms. The van der Waals surface area contributed by atoms with Crippen molar-refractivity contribution in [3.8, 4) is 0 Å². The van der Waals surface area contributed by atoms with E-state index in [1.165, 1.54) is 5.56 Å². The normalized spacial score (nSPS) is 10.4. The zero-order valence-electron chi connectivity index (χ0n) is 10.0. The van der Waals surface area contributed by atoms with Crippen LogP contribution in [0, 0.1) is 0 Å². The Morgan fingerprint density at radius 2 is 2.06 bits per heavy atom. The molecule has 0 radical (unpaired) electrons. The first-order chi connectivity index (χ1) is 8.74. The molecule has 0 fully saturated rings. The van der Waals surface area contributed by atoms with Crippen molar-refractivity contribution in [1.82, 2.24) is 4.98 Å². The third-order valence-corrected chi connectivity index (χ3v) is 3.52. The zero-order chi connectivity index (χ0) is 12.8. The van der Waals surface area contributed by atoms with Gasteiger partial charge in [-0.1, -0.05) is 30.3 Å². The molecule has 1 N–H and O–H groups in total. The quantitative estimate of drug-likeness (QED) is 0.869. The van der Waals surface area contributed by atoms with Crippen LogP contribution in [-0.4, -0.2) is 16.1 Å². The van der Waals surface area contributed by atoms with Gasteiger partial charge in [-0.3, -0.25) is 4.79 Å². The highest BCUT2D eigenvalue weighted by atomic mass is 32.1. The van der Waals surface area contributed by atoms with E-state index < -0.39 is 5.97 Å². The van der Waals surface area contributed by atoms with E-state index in [9.17, 15) is 4.79 Å². The minimum atomic E-state index is -0.741. The number of carboxylic acid groups (broad SMARTS) is 1. The third kappa shape index (κ3) is 3.96. The first-order valence-electron chi connectivity index (χ1n) is 5.93. The van der Waals surface area contributed by atoms with E-state index in [2.05, 4.69) is 17.1 Å². The van der Waals surface area contributed by atoms with Crippen LogP contribution in [0.4, 0.5) is 0 Å². The van der Waals surface area contributed by atoms with E-state index >= 15 is 0 Å². The Morgan fingerprint density at radius 1 is 1.28 bits per heavy atom. The fourth-order valence-electron chi connectivity index (χ4n) is 1.74. The summed E-state index contributed by atoms with van der Waals surface area (Å²) < 4.78 is 0. The summed E-state index contributed by atoms with van der Waals surface area (Å²) in [5, 5.41) is 11.7. The maximum atomic E-state index is 10.4. The Balaban J connectivity index is 1.88. The van der Waals surface area contributed by atoms with Crippen LogP contribution in [0.2, 0.25) is 0 Å². The van der Waals surface area contributed by atoms with Gasteiger partial charge in [0.15, 0.2) is 0 Å². The molecule has 0 saturated carbocycles. The van der Waals surface area contributed by atoms with Crippen LogP contribution in [0.25, 0.3) is 0 Å². The van der Waals surface area contributed by atoms with Crippen molar-refractivity contribution in [2.45, 2.75) is 25.7 Å². The summed E-state index contributed by atoms with van der Waals surface area (Å²) in [5.74, 6) is -0.741. The van der Waals surface area contributed by atoms with Crippen molar-refractivity contribution in [2.75, 3.05) is 0 Å². The van der Waals surface area contributed by atoms with Gasteiger partial charge >= 0.3 is 5.97 Å². The molecule has 2 aromatic rings. The lowest BCUT2D eigenvalue weighted by Gasteiger charge is -1.96. The van der Waals surface area contributed by atoms with Crippen LogP contribution in [0.15, 0.2) is 35.7 Å². The summed E-state index contributed by atoms with van der Waals surface area (Å²) in [4.78, 5) is 14.9. The van der Waals surface area contributed by atoms with Gasteiger partial charge in [0, 0.05) is 18.2 Å². The fourth-order valence-corrected chi connectivity index (χ4v) is 2.60. The summed E-state index contributed by atoms with van der Waals surface area (Å²) in [5.41, 5.74) is 2.26. The van der Waals surface area contributed by atoms with E-state index in [0.717, 1.165) is 23.5 Å². The first-order valence-corrected chi connectivity index (χ1v) is 6.81. The van der Waals surface area contributed by atoms with Gasteiger partial charge in [0.1, 0.15) is 0 Å². The number of rotatable bonds is 6. The highest BCUT2D eigenvalue weighted by molar-refractivity contribution is 7.09. The molecule has 0 amide bonds. The molecule has 0 aliphatic carbocycles. The minimum Gasteiger partial charge on any atom is -0.481 e. The van der Waals surface area contributed by atoms with Crippen LogP contribution in [0.5, 0.6) is 0 Å². The lowest BCUT2D eigenvalue weighted by molar-refractivity contribution is -0.137. The number of hydrogen-bond acceptors (Lipinski definition) is 3. The monoisotopic (exact) mass is 261 g/mol. The molecule has 1 aromatic carbocycles. The smallest absolute Gasteiger partial charge is 0.303 e. The summed E-state index contributed by atoms with van der Waals surface area (Å²) in [6.45, 7) is 0. The van der Waals surface area contributed by atoms with Crippen molar-refractivity contribution < 1.29 is 9.90 Å². The molecule has 0 aliphatic rings. The topological polar surface area (TPSA) is 50.2 Å². The van der Waals surface area contributed by atoms with Gasteiger partial charge in [-0.2, -0.15) is 0 Å². The Kier molecular flexibility index (Phi) is 4.47. The van der Waals surface area contributed by atoms with Crippen molar-refractivity contribution in [1.29, 1.82) is 0 Å². The summed E-state index contributed by atoms with van der Waals surface area (Å²) in [7, 11) is 0. The SMILES string of the molecule is O=C(O)CCCc1csc(Cc2ccccc2)n1. The molecule has 1 aromatic heterocycles. The second-order valence-electron chi connectivity index (χ2n) is 4.14. The molecule has 0 aliphatic heterocycles. The average molecular weight is 261 g/mol. The van der Waals surface area contributed by atoms with E-state index in [1.54, 1.807) is 11.3 Å². The Morgan fingerprint density at radius 3 is 2.78 bits per heavy atom. The highest BCUT2D eigenvalue weighted by Crippen LogP contribution is 2.16. The molecule has 0 spiro atoms. The number of aryl methyl sites for hydroxylation is 1. The van der Waals surface area contributed by atoms with Gasteiger partial charge in [-0.25, -0.2) is 4.98 Å². The van der Waals surface area contributed by atoms with Crippen LogP contribution in [0.3, 0.4) is 0 Å². The predicted molar refractivity (Wildman–Crippen MR) is 71.9 cm³/mol. The van der Waals surface area contributed by atoms with E-state index in [0.29, 0.717) is 6.42 Å². The van der Waals surface area contributed by atoms with Gasteiger partial charge < -0.3 is 5.11 Å². The molecular formula is C14H15NO2S. The van der Waals surface area contributed by atoms with E-state index in [4.69, 9.17) is 5.11 Å². The molecule has 0 bridgehead atoms. The maximum absolute atomic E-state index is 10.4. The minimum absolute atomic E-state index is 0.214. The fraction of sp³-hybridized carbons (Fsp3) is 0.286. The van der Waals surface area contributed by atoms with Crippen molar-refractivity contribution in [3.63, 3.8) is 0 Å². The number of aromatic nitrogens is 1. The number of aliphatic carboxylic acids is 1. The number of carboxylic acids is 1. The lowest BCUT2D eigenvalue weighted by Crippen LogP contribution is -1.96. The van der Waals surface area contributed by atoms with Gasteiger partial charge in [-0.15, -0.1) is 11.3 Å². The molecule has 4 heteroatoms. The molecule has 0 unspecified atom stereocenters. The highest BCUT2D eigenvalue weighted by Gasteiger charge is 2.04. The molecular weight excluding hydrogens is 246 g/mol. The summed E-state index contributed by atoms with van der Waals surface area (Å²) >= 11 is 1.64. The molecule has 0 saturated heterocycles. The average Bonchev–Trinajstić information content (AvgIpc) is 2.78. The summed E-state index contributed by atoms with van der Waals surface area (Å²) in [6.07, 6.45) is 2.47. The number of nitrogens with zero attached hydrogens (tertiary/aromatic N) is 1. The zero-order valence-corrected chi connectivity index (χ0v) is 10.8. The van der Waals surface area contributed by atoms with Gasteiger partial charge in [0.25, 0.3) is 0 Å². The molecule has 0 atom stereocenters. The standard InChI is InChI=1S/C14H15NO2S/c16-14(17)8-4-7-12-10-18-13(15-12)9-11-5-2-1-3-6-11/h1-3,5-6,10H,4,7-9H2,(H,16,17). The van der Waals surface area contributed by atoms with Crippen molar-refractivity contribution in [2.24, 2.45) is 0 Å². The maximum Gasteiger partial charge on any atom is 0.303 e. The van der Waals surface area contributed by atoms with Gasteiger partial charge in [0.2, 0.25) is 0 Å². The summed E-state index contributed by atoms with van der Waals surface area (Å²) in [6, 6.07) is 10.2.